The molecule has 1 rings (SSSR count). The number of likely N-dealkylation sites (N-methyl/N-ethyl adjacent to an activating group) is 1. The highest BCUT2D eigenvalue weighted by Crippen LogP contribution is 2.20. The smallest absolute Gasteiger partial charge is 0.191 e. The summed E-state index contributed by atoms with van der Waals surface area (Å²) in [6.07, 6.45) is 0. The zero-order valence-corrected chi connectivity index (χ0v) is 10.4. The summed E-state index contributed by atoms with van der Waals surface area (Å²) < 4.78 is 1.94. The van der Waals surface area contributed by atoms with Crippen molar-refractivity contribution in [1.29, 1.82) is 0 Å². The van der Waals surface area contributed by atoms with Gasteiger partial charge in [0, 0.05) is 18.3 Å². The molecule has 0 amide bonds. The summed E-state index contributed by atoms with van der Waals surface area (Å²) >= 11 is 1.59. The number of aryl methyl sites for hydroxylation is 1. The van der Waals surface area contributed by atoms with Crippen molar-refractivity contribution in [2.24, 2.45) is 7.05 Å². The number of hydrogen-bond acceptors (Lipinski definition) is 5. The molecule has 0 aromatic carbocycles. The van der Waals surface area contributed by atoms with E-state index >= 15 is 0 Å². The Balaban J connectivity index is 2.60. The molecule has 1 heterocycles. The lowest BCUT2D eigenvalue weighted by Gasteiger charge is -2.25. The van der Waals surface area contributed by atoms with Crippen LogP contribution in [-0.2, 0) is 7.05 Å². The van der Waals surface area contributed by atoms with Gasteiger partial charge < -0.3 is 15.0 Å². The van der Waals surface area contributed by atoms with Crippen molar-refractivity contribution in [3.63, 3.8) is 0 Å². The van der Waals surface area contributed by atoms with Crippen molar-refractivity contribution in [2.75, 3.05) is 19.4 Å². The molecule has 0 radical (unpaired) electrons. The summed E-state index contributed by atoms with van der Waals surface area (Å²) in [7, 11) is 3.78. The van der Waals surface area contributed by atoms with Gasteiger partial charge in [0.05, 0.1) is 6.61 Å². The van der Waals surface area contributed by atoms with Crippen molar-refractivity contribution in [1.82, 2.24) is 20.1 Å². The van der Waals surface area contributed by atoms with Gasteiger partial charge in [-0.25, -0.2) is 0 Å². The standard InChI is InChI=1S/C9H18N4OS/c1-7-11-12-8(13(7)4)15-6-9(2,5-14)10-3/h10,14H,5-6H2,1-4H3. The van der Waals surface area contributed by atoms with E-state index < -0.39 is 0 Å². The minimum absolute atomic E-state index is 0.104. The number of nitrogens with zero attached hydrogens (tertiary/aromatic N) is 3. The van der Waals surface area contributed by atoms with Crippen LogP contribution in [0.25, 0.3) is 0 Å². The minimum atomic E-state index is -0.273. The molecule has 2 N–H and O–H groups in total. The van der Waals surface area contributed by atoms with Gasteiger partial charge in [-0.2, -0.15) is 0 Å². The molecule has 1 atom stereocenters. The van der Waals surface area contributed by atoms with Crippen LogP contribution in [-0.4, -0.2) is 44.8 Å². The molecule has 0 bridgehead atoms. The van der Waals surface area contributed by atoms with Gasteiger partial charge in [0.15, 0.2) is 5.16 Å². The van der Waals surface area contributed by atoms with Gasteiger partial charge in [-0.05, 0) is 20.9 Å². The Bertz CT molecular complexity index is 322. The first-order chi connectivity index (χ1) is 7.02. The van der Waals surface area contributed by atoms with Crippen LogP contribution in [0.1, 0.15) is 12.7 Å². The van der Waals surface area contributed by atoms with Gasteiger partial charge in [-0.15, -0.1) is 10.2 Å². The molecule has 0 spiro atoms. The highest BCUT2D eigenvalue weighted by Gasteiger charge is 2.22. The van der Waals surface area contributed by atoms with Gasteiger partial charge in [-0.3, -0.25) is 0 Å². The maximum Gasteiger partial charge on any atom is 0.191 e. The highest BCUT2D eigenvalue weighted by atomic mass is 32.2. The third-order valence-electron chi connectivity index (χ3n) is 2.52. The van der Waals surface area contributed by atoms with E-state index in [0.29, 0.717) is 0 Å². The van der Waals surface area contributed by atoms with Crippen LogP contribution in [0.4, 0.5) is 0 Å². The van der Waals surface area contributed by atoms with E-state index in [9.17, 15) is 5.11 Å². The number of aromatic nitrogens is 3. The molecular formula is C9H18N4OS. The molecule has 1 aromatic heterocycles. The Labute approximate surface area is 94.3 Å². The summed E-state index contributed by atoms with van der Waals surface area (Å²) in [4.78, 5) is 0. The van der Waals surface area contributed by atoms with E-state index in [-0.39, 0.29) is 12.1 Å². The first kappa shape index (κ1) is 12.5. The Hall–Kier alpha value is -0.590. The van der Waals surface area contributed by atoms with E-state index in [1.54, 1.807) is 11.8 Å². The molecule has 0 fully saturated rings. The molecule has 1 unspecified atom stereocenters. The van der Waals surface area contributed by atoms with Crippen molar-refractivity contribution in [3.05, 3.63) is 5.82 Å². The van der Waals surface area contributed by atoms with Gasteiger partial charge in [0.1, 0.15) is 5.82 Å². The molecule has 0 saturated carbocycles. The summed E-state index contributed by atoms with van der Waals surface area (Å²) in [6, 6.07) is 0. The first-order valence-electron chi connectivity index (χ1n) is 4.81. The molecule has 5 nitrogen and oxygen atoms in total. The normalized spacial score (nSPS) is 15.3. The number of aliphatic hydroxyl groups excluding tert-OH is 1. The number of rotatable bonds is 5. The largest absolute Gasteiger partial charge is 0.394 e. The van der Waals surface area contributed by atoms with Crippen LogP contribution in [0, 0.1) is 6.92 Å². The van der Waals surface area contributed by atoms with Crippen LogP contribution in [0.2, 0.25) is 0 Å². The van der Waals surface area contributed by atoms with Crippen LogP contribution in [0.5, 0.6) is 0 Å². The van der Waals surface area contributed by atoms with Crippen LogP contribution in [0.15, 0.2) is 5.16 Å². The van der Waals surface area contributed by atoms with Gasteiger partial charge in [-0.1, -0.05) is 11.8 Å². The Morgan fingerprint density at radius 3 is 2.60 bits per heavy atom. The Morgan fingerprint density at radius 2 is 2.20 bits per heavy atom. The van der Waals surface area contributed by atoms with Crippen LogP contribution in [0.3, 0.4) is 0 Å². The Kier molecular flexibility index (Phi) is 4.12. The quantitative estimate of drug-likeness (QED) is 0.707. The second-order valence-corrected chi connectivity index (χ2v) is 4.79. The topological polar surface area (TPSA) is 63.0 Å². The molecule has 0 aliphatic carbocycles. The summed E-state index contributed by atoms with van der Waals surface area (Å²) in [5.41, 5.74) is -0.273. The monoisotopic (exact) mass is 230 g/mol. The summed E-state index contributed by atoms with van der Waals surface area (Å²) in [6.45, 7) is 4.00. The van der Waals surface area contributed by atoms with Crippen molar-refractivity contribution in [3.8, 4) is 0 Å². The lowest BCUT2D eigenvalue weighted by molar-refractivity contribution is 0.200. The van der Waals surface area contributed by atoms with E-state index in [2.05, 4.69) is 15.5 Å². The Morgan fingerprint density at radius 1 is 1.53 bits per heavy atom. The maximum atomic E-state index is 9.22. The van der Waals surface area contributed by atoms with E-state index in [1.807, 2.05) is 32.5 Å². The minimum Gasteiger partial charge on any atom is -0.394 e. The number of hydrogen-bond donors (Lipinski definition) is 2. The average molecular weight is 230 g/mol. The van der Waals surface area contributed by atoms with Crippen molar-refractivity contribution >= 4 is 11.8 Å². The van der Waals surface area contributed by atoms with E-state index in [0.717, 1.165) is 16.7 Å². The fourth-order valence-corrected chi connectivity index (χ4v) is 2.04. The molecule has 1 aromatic rings. The molecule has 0 aliphatic rings. The third-order valence-corrected chi connectivity index (χ3v) is 3.92. The molecular weight excluding hydrogens is 212 g/mol. The van der Waals surface area contributed by atoms with Crippen molar-refractivity contribution in [2.45, 2.75) is 24.5 Å². The molecule has 15 heavy (non-hydrogen) atoms. The molecule has 0 saturated heterocycles. The average Bonchev–Trinajstić information content (AvgIpc) is 2.57. The second kappa shape index (κ2) is 4.96. The fourth-order valence-electron chi connectivity index (χ4n) is 0.934. The number of aliphatic hydroxyl groups is 1. The zero-order valence-electron chi connectivity index (χ0n) is 9.61. The van der Waals surface area contributed by atoms with E-state index in [4.69, 9.17) is 0 Å². The first-order valence-corrected chi connectivity index (χ1v) is 5.79. The highest BCUT2D eigenvalue weighted by molar-refractivity contribution is 7.99. The molecule has 86 valence electrons. The molecule has 6 heteroatoms. The van der Waals surface area contributed by atoms with Crippen LogP contribution < -0.4 is 5.32 Å². The SMILES string of the molecule is CNC(C)(CO)CSc1nnc(C)n1C. The lowest BCUT2D eigenvalue weighted by Crippen LogP contribution is -2.45. The fraction of sp³-hybridized carbons (Fsp3) is 0.778. The molecule has 0 aliphatic heterocycles. The second-order valence-electron chi connectivity index (χ2n) is 3.85. The van der Waals surface area contributed by atoms with Gasteiger partial charge >= 0.3 is 0 Å². The number of thioether (sulfide) groups is 1. The summed E-state index contributed by atoms with van der Waals surface area (Å²) in [5.74, 6) is 1.65. The van der Waals surface area contributed by atoms with Gasteiger partial charge in [0.2, 0.25) is 0 Å². The summed E-state index contributed by atoms with van der Waals surface area (Å²) in [5, 5.41) is 21.2. The maximum absolute atomic E-state index is 9.22. The predicted octanol–water partition coefficient (Wildman–Crippen LogP) is 0.186. The van der Waals surface area contributed by atoms with Crippen molar-refractivity contribution < 1.29 is 5.11 Å². The zero-order chi connectivity index (χ0) is 11.5. The predicted molar refractivity (Wildman–Crippen MR) is 61.0 cm³/mol. The lowest BCUT2D eigenvalue weighted by atomic mass is 10.1. The third kappa shape index (κ3) is 2.93. The number of nitrogens with one attached hydrogen (secondary N) is 1. The van der Waals surface area contributed by atoms with E-state index in [1.165, 1.54) is 0 Å². The van der Waals surface area contributed by atoms with Crippen LogP contribution >= 0.6 is 11.8 Å². The van der Waals surface area contributed by atoms with Gasteiger partial charge in [0.25, 0.3) is 0 Å².